The molecule has 84 valence electrons. The minimum atomic E-state index is 0.0447. The van der Waals surface area contributed by atoms with Crippen LogP contribution in [0.3, 0.4) is 0 Å². The van der Waals surface area contributed by atoms with Gasteiger partial charge in [-0.2, -0.15) is 0 Å². The standard InChI is InChI=1S/C12H15N3O/c1-2-9-3-4-12-14-7-10(15(12)8-9)11(16)5-6-13/h3-4,7-8H,2,5-6,13H2,1H3. The van der Waals surface area contributed by atoms with Crippen LogP contribution in [-0.2, 0) is 6.42 Å². The van der Waals surface area contributed by atoms with Gasteiger partial charge in [-0.3, -0.25) is 9.20 Å². The molecular weight excluding hydrogens is 202 g/mol. The van der Waals surface area contributed by atoms with Crippen molar-refractivity contribution in [3.05, 3.63) is 35.8 Å². The summed E-state index contributed by atoms with van der Waals surface area (Å²) in [5, 5.41) is 0. The van der Waals surface area contributed by atoms with E-state index >= 15 is 0 Å². The van der Waals surface area contributed by atoms with E-state index in [1.807, 2.05) is 22.7 Å². The zero-order chi connectivity index (χ0) is 11.5. The molecular formula is C12H15N3O. The van der Waals surface area contributed by atoms with E-state index in [9.17, 15) is 4.79 Å². The van der Waals surface area contributed by atoms with E-state index in [1.54, 1.807) is 6.20 Å². The maximum atomic E-state index is 11.8. The molecule has 0 spiro atoms. The number of ketones is 1. The molecule has 4 heteroatoms. The van der Waals surface area contributed by atoms with Gasteiger partial charge in [0.15, 0.2) is 5.78 Å². The third-order valence-electron chi connectivity index (χ3n) is 2.63. The molecule has 0 unspecified atom stereocenters. The van der Waals surface area contributed by atoms with Crippen LogP contribution < -0.4 is 5.73 Å². The highest BCUT2D eigenvalue weighted by molar-refractivity contribution is 5.95. The monoisotopic (exact) mass is 217 g/mol. The van der Waals surface area contributed by atoms with Crippen LogP contribution in [0.4, 0.5) is 0 Å². The normalized spacial score (nSPS) is 10.9. The van der Waals surface area contributed by atoms with Gasteiger partial charge < -0.3 is 5.73 Å². The Hall–Kier alpha value is -1.68. The minimum Gasteiger partial charge on any atom is -0.330 e. The quantitative estimate of drug-likeness (QED) is 0.788. The zero-order valence-electron chi connectivity index (χ0n) is 9.31. The molecule has 2 heterocycles. The highest BCUT2D eigenvalue weighted by Crippen LogP contribution is 2.11. The van der Waals surface area contributed by atoms with Crippen LogP contribution in [0.5, 0.6) is 0 Å². The summed E-state index contributed by atoms with van der Waals surface area (Å²) in [5.41, 5.74) is 8.00. The van der Waals surface area contributed by atoms with Crippen molar-refractivity contribution in [2.24, 2.45) is 5.73 Å². The molecule has 0 saturated carbocycles. The van der Waals surface area contributed by atoms with Gasteiger partial charge in [0, 0.05) is 12.6 Å². The summed E-state index contributed by atoms with van der Waals surface area (Å²) >= 11 is 0. The molecule has 0 radical (unpaired) electrons. The summed E-state index contributed by atoms with van der Waals surface area (Å²) in [6.07, 6.45) is 4.89. The Balaban J connectivity index is 2.49. The van der Waals surface area contributed by atoms with Gasteiger partial charge >= 0.3 is 0 Å². The first-order chi connectivity index (χ1) is 7.76. The molecule has 0 aromatic carbocycles. The second-order valence-corrected chi connectivity index (χ2v) is 3.72. The average Bonchev–Trinajstić information content (AvgIpc) is 2.71. The van der Waals surface area contributed by atoms with E-state index in [0.717, 1.165) is 12.1 Å². The molecule has 0 amide bonds. The third kappa shape index (κ3) is 1.84. The number of pyridine rings is 1. The largest absolute Gasteiger partial charge is 0.330 e. The smallest absolute Gasteiger partial charge is 0.182 e. The van der Waals surface area contributed by atoms with Gasteiger partial charge in [-0.1, -0.05) is 13.0 Å². The van der Waals surface area contributed by atoms with Crippen molar-refractivity contribution in [2.75, 3.05) is 6.54 Å². The Morgan fingerprint density at radius 2 is 2.31 bits per heavy atom. The molecule has 2 N–H and O–H groups in total. The molecule has 0 bridgehead atoms. The number of carbonyl (C=O) groups excluding carboxylic acids is 1. The lowest BCUT2D eigenvalue weighted by molar-refractivity contribution is 0.0980. The third-order valence-corrected chi connectivity index (χ3v) is 2.63. The molecule has 0 atom stereocenters. The minimum absolute atomic E-state index is 0.0447. The van der Waals surface area contributed by atoms with E-state index in [1.165, 1.54) is 5.56 Å². The lowest BCUT2D eigenvalue weighted by atomic mass is 10.2. The number of rotatable bonds is 4. The van der Waals surface area contributed by atoms with Crippen LogP contribution in [0.25, 0.3) is 5.65 Å². The highest BCUT2D eigenvalue weighted by atomic mass is 16.1. The summed E-state index contributed by atoms with van der Waals surface area (Å²) in [6, 6.07) is 3.96. The van der Waals surface area contributed by atoms with Gasteiger partial charge in [-0.15, -0.1) is 0 Å². The molecule has 4 nitrogen and oxygen atoms in total. The van der Waals surface area contributed by atoms with E-state index in [2.05, 4.69) is 11.9 Å². The lowest BCUT2D eigenvalue weighted by Crippen LogP contribution is -2.10. The van der Waals surface area contributed by atoms with E-state index < -0.39 is 0 Å². The van der Waals surface area contributed by atoms with Crippen molar-refractivity contribution in [1.29, 1.82) is 0 Å². The summed E-state index contributed by atoms with van der Waals surface area (Å²) in [4.78, 5) is 16.0. The molecule has 0 fully saturated rings. The maximum absolute atomic E-state index is 11.8. The first-order valence-corrected chi connectivity index (χ1v) is 5.45. The first kappa shape index (κ1) is 10.8. The van der Waals surface area contributed by atoms with Crippen molar-refractivity contribution in [3.8, 4) is 0 Å². The Morgan fingerprint density at radius 3 is 3.00 bits per heavy atom. The summed E-state index contributed by atoms with van der Waals surface area (Å²) in [5.74, 6) is 0.0447. The number of hydrogen-bond donors (Lipinski definition) is 1. The van der Waals surface area contributed by atoms with Crippen molar-refractivity contribution in [1.82, 2.24) is 9.38 Å². The van der Waals surface area contributed by atoms with E-state index in [0.29, 0.717) is 18.7 Å². The number of imidazole rings is 1. The van der Waals surface area contributed by atoms with Crippen molar-refractivity contribution >= 4 is 11.4 Å². The van der Waals surface area contributed by atoms with Crippen LogP contribution in [0.1, 0.15) is 29.4 Å². The number of carbonyl (C=O) groups is 1. The lowest BCUT2D eigenvalue weighted by Gasteiger charge is -2.02. The molecule has 0 saturated heterocycles. The maximum Gasteiger partial charge on any atom is 0.182 e. The van der Waals surface area contributed by atoms with Gasteiger partial charge in [0.25, 0.3) is 0 Å². The fraction of sp³-hybridized carbons (Fsp3) is 0.333. The van der Waals surface area contributed by atoms with Gasteiger partial charge in [-0.25, -0.2) is 4.98 Å². The van der Waals surface area contributed by atoms with Crippen molar-refractivity contribution in [2.45, 2.75) is 19.8 Å². The number of aryl methyl sites for hydroxylation is 1. The molecule has 0 aliphatic heterocycles. The topological polar surface area (TPSA) is 60.4 Å². The van der Waals surface area contributed by atoms with Crippen molar-refractivity contribution in [3.63, 3.8) is 0 Å². The number of nitrogens with two attached hydrogens (primary N) is 1. The van der Waals surface area contributed by atoms with Gasteiger partial charge in [0.2, 0.25) is 0 Å². The van der Waals surface area contributed by atoms with Gasteiger partial charge in [0.1, 0.15) is 11.3 Å². The Labute approximate surface area is 94.1 Å². The number of nitrogens with zero attached hydrogens (tertiary/aromatic N) is 2. The van der Waals surface area contributed by atoms with Crippen LogP contribution in [0.2, 0.25) is 0 Å². The van der Waals surface area contributed by atoms with Gasteiger partial charge in [0.05, 0.1) is 6.20 Å². The number of Topliss-reactive ketones (excluding diaryl/α,β-unsaturated/α-hetero) is 1. The molecule has 16 heavy (non-hydrogen) atoms. The van der Waals surface area contributed by atoms with Gasteiger partial charge in [-0.05, 0) is 24.6 Å². The van der Waals surface area contributed by atoms with E-state index in [-0.39, 0.29) is 5.78 Å². The summed E-state index contributed by atoms with van der Waals surface area (Å²) < 4.78 is 1.84. The molecule has 2 aromatic rings. The zero-order valence-corrected chi connectivity index (χ0v) is 9.31. The van der Waals surface area contributed by atoms with Crippen LogP contribution >= 0.6 is 0 Å². The molecule has 2 aromatic heterocycles. The van der Waals surface area contributed by atoms with Crippen LogP contribution in [0.15, 0.2) is 24.5 Å². The second-order valence-electron chi connectivity index (χ2n) is 3.72. The predicted molar refractivity (Wildman–Crippen MR) is 62.6 cm³/mol. The fourth-order valence-electron chi connectivity index (χ4n) is 1.70. The molecule has 0 aliphatic rings. The summed E-state index contributed by atoms with van der Waals surface area (Å²) in [6.45, 7) is 2.46. The number of hydrogen-bond acceptors (Lipinski definition) is 3. The summed E-state index contributed by atoms with van der Waals surface area (Å²) in [7, 11) is 0. The van der Waals surface area contributed by atoms with Crippen LogP contribution in [-0.4, -0.2) is 21.7 Å². The predicted octanol–water partition coefficient (Wildman–Crippen LogP) is 1.43. The first-order valence-electron chi connectivity index (χ1n) is 5.45. The number of aromatic nitrogens is 2. The van der Waals surface area contributed by atoms with E-state index in [4.69, 9.17) is 5.73 Å². The number of fused-ring (bicyclic) bond motifs is 1. The van der Waals surface area contributed by atoms with Crippen molar-refractivity contribution < 1.29 is 4.79 Å². The SMILES string of the molecule is CCc1ccc2ncc(C(=O)CCN)n2c1. The molecule has 0 aliphatic carbocycles. The highest BCUT2D eigenvalue weighted by Gasteiger charge is 2.10. The van der Waals surface area contributed by atoms with Crippen LogP contribution in [0, 0.1) is 0 Å². The molecule has 2 rings (SSSR count). The Morgan fingerprint density at radius 1 is 1.50 bits per heavy atom. The fourth-order valence-corrected chi connectivity index (χ4v) is 1.70. The Kier molecular flexibility index (Phi) is 3.01. The Bertz CT molecular complexity index is 516. The average molecular weight is 217 g/mol. The second kappa shape index (κ2) is 4.45.